The first-order chi connectivity index (χ1) is 17.4. The van der Waals surface area contributed by atoms with Crippen molar-refractivity contribution < 1.29 is 19.1 Å². The van der Waals surface area contributed by atoms with Crippen LogP contribution in [0.15, 0.2) is 75.0 Å². The van der Waals surface area contributed by atoms with Crippen LogP contribution in [0.5, 0.6) is 0 Å². The van der Waals surface area contributed by atoms with Crippen molar-refractivity contribution in [2.24, 2.45) is 10.9 Å². The molecule has 36 heavy (non-hydrogen) atoms. The van der Waals surface area contributed by atoms with Crippen LogP contribution in [-0.4, -0.2) is 33.1 Å². The van der Waals surface area contributed by atoms with Gasteiger partial charge in [-0.15, -0.1) is 0 Å². The van der Waals surface area contributed by atoms with Gasteiger partial charge in [-0.05, 0) is 66.9 Å². The van der Waals surface area contributed by atoms with Gasteiger partial charge in [0.05, 0.1) is 21.2 Å². The number of hydrogen-bond donors (Lipinski definition) is 1. The zero-order chi connectivity index (χ0) is 25.2. The minimum absolute atomic E-state index is 0.0320. The smallest absolute Gasteiger partial charge is 0.337 e. The lowest BCUT2D eigenvalue weighted by molar-refractivity contribution is -0.124. The van der Waals surface area contributed by atoms with Gasteiger partial charge in [0.25, 0.3) is 5.91 Å². The van der Waals surface area contributed by atoms with E-state index in [1.165, 1.54) is 24.2 Å². The number of thioether (sulfide) groups is 1. The second-order valence-corrected chi connectivity index (χ2v) is 10.5. The molecule has 1 aromatic heterocycles. The number of halogens is 1. The van der Waals surface area contributed by atoms with Gasteiger partial charge in [-0.25, -0.2) is 9.79 Å². The zero-order valence-corrected chi connectivity index (χ0v) is 21.3. The van der Waals surface area contributed by atoms with Gasteiger partial charge in [0.2, 0.25) is 0 Å². The average Bonchev–Trinajstić information content (AvgIpc) is 3.45. The number of hydrogen-bond acceptors (Lipinski definition) is 5. The van der Waals surface area contributed by atoms with Gasteiger partial charge in [-0.3, -0.25) is 9.69 Å². The Kier molecular flexibility index (Phi) is 7.03. The van der Waals surface area contributed by atoms with Gasteiger partial charge in [-0.2, -0.15) is 0 Å². The molecule has 5 rings (SSSR count). The van der Waals surface area contributed by atoms with E-state index < -0.39 is 5.97 Å². The molecule has 0 radical (unpaired) electrons. The summed E-state index contributed by atoms with van der Waals surface area (Å²) in [4.78, 5) is 32.1. The van der Waals surface area contributed by atoms with E-state index in [0.717, 1.165) is 24.9 Å². The van der Waals surface area contributed by atoms with Crippen molar-refractivity contribution in [2.45, 2.75) is 38.6 Å². The quantitative estimate of drug-likeness (QED) is 0.352. The van der Waals surface area contributed by atoms with Crippen molar-refractivity contribution in [3.05, 3.63) is 81.9 Å². The second-order valence-electron chi connectivity index (χ2n) is 9.05. The van der Waals surface area contributed by atoms with Crippen LogP contribution in [0.3, 0.4) is 0 Å². The van der Waals surface area contributed by atoms with Crippen molar-refractivity contribution >= 4 is 52.2 Å². The molecule has 3 aromatic rings. The first-order valence-electron chi connectivity index (χ1n) is 11.9. The Morgan fingerprint density at radius 3 is 2.64 bits per heavy atom. The van der Waals surface area contributed by atoms with Crippen molar-refractivity contribution in [1.29, 1.82) is 0 Å². The molecule has 1 amide bonds. The number of carbonyl (C=O) groups excluding carboxylic acids is 1. The first kappa shape index (κ1) is 24.4. The zero-order valence-electron chi connectivity index (χ0n) is 19.7. The Bertz CT molecular complexity index is 1360. The van der Waals surface area contributed by atoms with E-state index in [4.69, 9.17) is 21.0 Å². The molecule has 0 spiro atoms. The van der Waals surface area contributed by atoms with Crippen LogP contribution in [-0.2, 0) is 4.79 Å². The summed E-state index contributed by atoms with van der Waals surface area (Å²) in [5, 5.41) is 10.0. The minimum atomic E-state index is -1.09. The molecule has 8 heteroatoms. The average molecular weight is 521 g/mol. The minimum Gasteiger partial charge on any atom is -0.478 e. The first-order valence-corrected chi connectivity index (χ1v) is 13.1. The van der Waals surface area contributed by atoms with Crippen LogP contribution in [0, 0.1) is 5.92 Å². The number of rotatable bonds is 5. The molecule has 2 fully saturated rings. The largest absolute Gasteiger partial charge is 0.478 e. The number of carbonyl (C=O) groups is 2. The van der Waals surface area contributed by atoms with E-state index in [2.05, 4.69) is 6.92 Å². The molecule has 1 aliphatic carbocycles. The summed E-state index contributed by atoms with van der Waals surface area (Å²) >= 11 is 7.49. The van der Waals surface area contributed by atoms with Gasteiger partial charge in [-0.1, -0.05) is 55.6 Å². The lowest BCUT2D eigenvalue weighted by atomic mass is 9.85. The number of carboxylic acids is 1. The lowest BCUT2D eigenvalue weighted by Crippen LogP contribution is -2.44. The molecule has 184 valence electrons. The highest BCUT2D eigenvalue weighted by Crippen LogP contribution is 2.40. The Hall–Kier alpha value is -3.29. The molecule has 1 N–H and O–H groups in total. The summed E-state index contributed by atoms with van der Waals surface area (Å²) in [6.45, 7) is 2.21. The SMILES string of the molecule is C[C@@H]1CCCC[C@H]1N1C(=O)/C(=C/c2ccc(-c3ccc(C(=O)O)c(Cl)c3)o2)SC1=Nc1ccccc1. The highest BCUT2D eigenvalue weighted by atomic mass is 35.5. The summed E-state index contributed by atoms with van der Waals surface area (Å²) in [6, 6.07) is 18.0. The Morgan fingerprint density at radius 2 is 1.92 bits per heavy atom. The number of furan rings is 1. The lowest BCUT2D eigenvalue weighted by Gasteiger charge is -2.35. The van der Waals surface area contributed by atoms with Crippen LogP contribution in [0.4, 0.5) is 5.69 Å². The maximum absolute atomic E-state index is 13.6. The fraction of sp³-hybridized carbons (Fsp3) is 0.250. The van der Waals surface area contributed by atoms with Crippen LogP contribution < -0.4 is 0 Å². The van der Waals surface area contributed by atoms with E-state index in [0.29, 0.717) is 33.1 Å². The monoisotopic (exact) mass is 520 g/mol. The fourth-order valence-corrected chi connectivity index (χ4v) is 5.99. The van der Waals surface area contributed by atoms with Crippen LogP contribution in [0.25, 0.3) is 17.4 Å². The van der Waals surface area contributed by atoms with E-state index in [-0.39, 0.29) is 22.5 Å². The summed E-state index contributed by atoms with van der Waals surface area (Å²) in [6.07, 6.45) is 6.10. The van der Waals surface area contributed by atoms with Crippen molar-refractivity contribution in [3.63, 3.8) is 0 Å². The number of benzene rings is 2. The highest BCUT2D eigenvalue weighted by molar-refractivity contribution is 8.18. The number of aromatic carboxylic acids is 1. The van der Waals surface area contributed by atoms with E-state index in [1.54, 1.807) is 30.3 Å². The summed E-state index contributed by atoms with van der Waals surface area (Å²) in [5.74, 6) is 0.319. The third-order valence-electron chi connectivity index (χ3n) is 6.60. The van der Waals surface area contributed by atoms with Crippen molar-refractivity contribution in [1.82, 2.24) is 4.90 Å². The van der Waals surface area contributed by atoms with E-state index in [1.807, 2.05) is 35.2 Å². The summed E-state index contributed by atoms with van der Waals surface area (Å²) < 4.78 is 5.98. The maximum Gasteiger partial charge on any atom is 0.337 e. The number of amidine groups is 1. The topological polar surface area (TPSA) is 83.1 Å². The molecule has 0 unspecified atom stereocenters. The van der Waals surface area contributed by atoms with Crippen molar-refractivity contribution in [2.75, 3.05) is 0 Å². The third-order valence-corrected chi connectivity index (χ3v) is 7.90. The summed E-state index contributed by atoms with van der Waals surface area (Å²) in [7, 11) is 0. The van der Waals surface area contributed by atoms with Gasteiger partial charge in [0.15, 0.2) is 5.17 Å². The molecular formula is C28H25ClN2O4S. The normalized spacial score (nSPS) is 22.5. The van der Waals surface area contributed by atoms with Gasteiger partial charge < -0.3 is 9.52 Å². The molecule has 2 atom stereocenters. The number of amides is 1. The Labute approximate surface area is 218 Å². The molecule has 1 saturated carbocycles. The highest BCUT2D eigenvalue weighted by Gasteiger charge is 2.41. The van der Waals surface area contributed by atoms with Crippen LogP contribution >= 0.6 is 23.4 Å². The maximum atomic E-state index is 13.6. The molecular weight excluding hydrogens is 496 g/mol. The number of carboxylic acid groups (broad SMARTS) is 1. The summed E-state index contributed by atoms with van der Waals surface area (Å²) in [5.41, 5.74) is 1.50. The van der Waals surface area contributed by atoms with Crippen molar-refractivity contribution in [3.8, 4) is 11.3 Å². The molecule has 2 aliphatic rings. The van der Waals surface area contributed by atoms with Crippen LogP contribution in [0.1, 0.15) is 48.7 Å². The molecule has 1 saturated heterocycles. The standard InChI is InChI=1S/C28H25ClN2O4S/c1-17-7-5-6-10-23(17)31-26(32)25(36-28(31)30-19-8-3-2-4-9-19)16-20-12-14-24(35-20)18-11-13-21(27(33)34)22(29)15-18/h2-4,8-9,11-17,23H,5-7,10H2,1H3,(H,33,34)/b25-16-,30-28?/t17-,23-/m1/s1. The fourth-order valence-electron chi connectivity index (χ4n) is 4.71. The van der Waals surface area contributed by atoms with Gasteiger partial charge in [0, 0.05) is 17.7 Å². The number of nitrogens with zero attached hydrogens (tertiary/aromatic N) is 2. The third kappa shape index (κ3) is 4.99. The molecule has 2 heterocycles. The molecule has 0 bridgehead atoms. The Balaban J connectivity index is 1.46. The van der Waals surface area contributed by atoms with E-state index >= 15 is 0 Å². The van der Waals surface area contributed by atoms with E-state index in [9.17, 15) is 14.7 Å². The molecule has 1 aliphatic heterocycles. The van der Waals surface area contributed by atoms with Gasteiger partial charge >= 0.3 is 5.97 Å². The van der Waals surface area contributed by atoms with Crippen LogP contribution in [0.2, 0.25) is 5.02 Å². The van der Waals surface area contributed by atoms with Gasteiger partial charge in [0.1, 0.15) is 11.5 Å². The molecule has 6 nitrogen and oxygen atoms in total. The second kappa shape index (κ2) is 10.4. The number of para-hydroxylation sites is 1. The number of aliphatic imine (C=N–C) groups is 1. The Morgan fingerprint density at radius 1 is 1.14 bits per heavy atom. The predicted octanol–water partition coefficient (Wildman–Crippen LogP) is 7.48. The predicted molar refractivity (Wildman–Crippen MR) is 143 cm³/mol. The molecule has 2 aromatic carbocycles.